The summed E-state index contributed by atoms with van der Waals surface area (Å²) in [6.07, 6.45) is 0. The quantitative estimate of drug-likeness (QED) is 0.176. The Hall–Kier alpha value is -5.96. The molecule has 0 aliphatic heterocycles. The Bertz CT molecular complexity index is 2890. The smallest absolute Gasteiger partial charge is 0.0543 e. The Balaban J connectivity index is 1.11. The van der Waals surface area contributed by atoms with Crippen molar-refractivity contribution in [1.29, 1.82) is 0 Å². The van der Waals surface area contributed by atoms with Crippen molar-refractivity contribution in [2.24, 2.45) is 0 Å². The van der Waals surface area contributed by atoms with Crippen molar-refractivity contribution in [3.63, 3.8) is 0 Å². The number of nitrogens with zero attached hydrogens (tertiary/aromatic N) is 1. The van der Waals surface area contributed by atoms with Crippen LogP contribution in [0.2, 0.25) is 0 Å². The number of thiophene rings is 1. The molecule has 2 aliphatic rings. The van der Waals surface area contributed by atoms with Crippen molar-refractivity contribution in [1.82, 2.24) is 0 Å². The molecule has 0 fully saturated rings. The topological polar surface area (TPSA) is 3.24 Å². The first-order valence-electron chi connectivity index (χ1n) is 19.0. The van der Waals surface area contributed by atoms with E-state index in [1.54, 1.807) is 0 Å². The minimum Gasteiger partial charge on any atom is -0.309 e. The first-order valence-corrected chi connectivity index (χ1v) is 19.8. The van der Waals surface area contributed by atoms with E-state index in [2.05, 4.69) is 196 Å². The fourth-order valence-electron chi connectivity index (χ4n) is 9.70. The normalized spacial score (nSPS) is 14.6. The van der Waals surface area contributed by atoms with E-state index in [0.29, 0.717) is 0 Å². The van der Waals surface area contributed by atoms with Gasteiger partial charge in [-0.1, -0.05) is 143 Å². The van der Waals surface area contributed by atoms with Gasteiger partial charge in [-0.2, -0.15) is 0 Å². The Morgan fingerprint density at radius 3 is 1.52 bits per heavy atom. The Morgan fingerprint density at radius 2 is 0.907 bits per heavy atom. The SMILES string of the molecule is CC1(C)c2ccccc2-c2c(N(c3ccc(-c4ccc5sc6cc7ccccc7cc6c5c4)cc3)c3cccc4c3-c3ccccc3C4(C)C)cccc21. The lowest BCUT2D eigenvalue weighted by molar-refractivity contribution is 0.660. The second kappa shape index (κ2) is 11.3. The zero-order valence-corrected chi connectivity index (χ0v) is 31.8. The summed E-state index contributed by atoms with van der Waals surface area (Å²) in [5.74, 6) is 0. The second-order valence-corrected chi connectivity index (χ2v) is 17.2. The maximum Gasteiger partial charge on any atom is 0.0543 e. The minimum absolute atomic E-state index is 0.0958. The molecule has 0 saturated carbocycles. The molecule has 0 N–H and O–H groups in total. The maximum absolute atomic E-state index is 2.54. The standard InChI is InChI=1S/C52H39NS/c1-51(2)41-17-9-7-15-37(41)49-43(51)19-11-21-45(49)53(46-22-12-20-44-50(46)38-16-8-10-18-42(38)52(44,3)4)36-26-23-32(24-27-36)35-25-28-47-39(30-35)40-29-33-13-5-6-14-34(33)31-48(40)54-47/h5-31H,1-4H3. The van der Waals surface area contributed by atoms with Gasteiger partial charge in [0, 0.05) is 47.8 Å². The van der Waals surface area contributed by atoms with Gasteiger partial charge in [0.05, 0.1) is 11.4 Å². The van der Waals surface area contributed by atoms with E-state index < -0.39 is 0 Å². The van der Waals surface area contributed by atoms with Crippen LogP contribution >= 0.6 is 11.3 Å². The summed E-state index contributed by atoms with van der Waals surface area (Å²) in [7, 11) is 0. The van der Waals surface area contributed by atoms with Crippen LogP contribution in [0.5, 0.6) is 0 Å². The predicted molar refractivity (Wildman–Crippen MR) is 232 cm³/mol. The average Bonchev–Trinajstić information content (AvgIpc) is 3.76. The zero-order chi connectivity index (χ0) is 36.3. The van der Waals surface area contributed by atoms with E-state index in [-0.39, 0.29) is 10.8 Å². The average molecular weight is 710 g/mol. The van der Waals surface area contributed by atoms with Crippen LogP contribution in [-0.4, -0.2) is 0 Å². The summed E-state index contributed by atoms with van der Waals surface area (Å²) in [6, 6.07) is 61.5. The molecule has 2 heteroatoms. The zero-order valence-electron chi connectivity index (χ0n) is 30.9. The van der Waals surface area contributed by atoms with Gasteiger partial charge in [-0.25, -0.2) is 0 Å². The minimum atomic E-state index is -0.0958. The van der Waals surface area contributed by atoms with E-state index in [4.69, 9.17) is 0 Å². The molecule has 54 heavy (non-hydrogen) atoms. The van der Waals surface area contributed by atoms with Gasteiger partial charge in [0.25, 0.3) is 0 Å². The molecule has 0 saturated heterocycles. The molecule has 8 aromatic carbocycles. The highest BCUT2D eigenvalue weighted by molar-refractivity contribution is 7.25. The van der Waals surface area contributed by atoms with Gasteiger partial charge in [0.15, 0.2) is 0 Å². The van der Waals surface area contributed by atoms with Crippen LogP contribution in [-0.2, 0) is 10.8 Å². The molecule has 0 spiro atoms. The molecule has 0 unspecified atom stereocenters. The van der Waals surface area contributed by atoms with Crippen LogP contribution in [0.4, 0.5) is 17.1 Å². The lowest BCUT2D eigenvalue weighted by atomic mass is 9.82. The van der Waals surface area contributed by atoms with Gasteiger partial charge >= 0.3 is 0 Å². The third kappa shape index (κ3) is 4.38. The van der Waals surface area contributed by atoms with Crippen LogP contribution in [0.1, 0.15) is 49.9 Å². The molecule has 0 bridgehead atoms. The van der Waals surface area contributed by atoms with E-state index in [1.165, 1.54) is 98.0 Å². The number of benzene rings is 8. The van der Waals surface area contributed by atoms with Crippen LogP contribution < -0.4 is 4.90 Å². The monoisotopic (exact) mass is 709 g/mol. The van der Waals surface area contributed by atoms with Gasteiger partial charge in [0.1, 0.15) is 0 Å². The van der Waals surface area contributed by atoms with Crippen LogP contribution in [0.3, 0.4) is 0 Å². The van der Waals surface area contributed by atoms with Crippen LogP contribution in [0.15, 0.2) is 164 Å². The maximum atomic E-state index is 2.54. The second-order valence-electron chi connectivity index (χ2n) is 16.1. The molecule has 0 amide bonds. The highest BCUT2D eigenvalue weighted by atomic mass is 32.1. The molecule has 0 radical (unpaired) electrons. The highest BCUT2D eigenvalue weighted by Crippen LogP contribution is 2.58. The van der Waals surface area contributed by atoms with E-state index in [1.807, 2.05) is 11.3 Å². The fraction of sp³-hybridized carbons (Fsp3) is 0.115. The summed E-state index contributed by atoms with van der Waals surface area (Å²) in [6.45, 7) is 9.48. The Morgan fingerprint density at radius 1 is 0.407 bits per heavy atom. The highest BCUT2D eigenvalue weighted by Gasteiger charge is 2.40. The van der Waals surface area contributed by atoms with Crippen LogP contribution in [0.25, 0.3) is 64.3 Å². The number of anilines is 3. The van der Waals surface area contributed by atoms with Gasteiger partial charge in [-0.05, 0) is 104 Å². The summed E-state index contributed by atoms with van der Waals surface area (Å²) in [5, 5.41) is 5.24. The Labute approximate surface area is 320 Å². The van der Waals surface area contributed by atoms with Crippen molar-refractivity contribution in [2.75, 3.05) is 4.90 Å². The molecule has 0 atom stereocenters. The molecule has 1 aromatic heterocycles. The molecular weight excluding hydrogens is 671 g/mol. The van der Waals surface area contributed by atoms with E-state index in [0.717, 1.165) is 5.69 Å². The van der Waals surface area contributed by atoms with E-state index in [9.17, 15) is 0 Å². The lowest BCUT2D eigenvalue weighted by Crippen LogP contribution is -2.17. The molecule has 2 aliphatic carbocycles. The third-order valence-electron chi connectivity index (χ3n) is 12.4. The molecule has 9 aromatic rings. The summed E-state index contributed by atoms with van der Waals surface area (Å²) in [5.41, 5.74) is 16.7. The van der Waals surface area contributed by atoms with Gasteiger partial charge in [0.2, 0.25) is 0 Å². The van der Waals surface area contributed by atoms with Crippen molar-refractivity contribution < 1.29 is 0 Å². The van der Waals surface area contributed by atoms with Crippen molar-refractivity contribution in [2.45, 2.75) is 38.5 Å². The molecule has 1 nitrogen and oxygen atoms in total. The Kier molecular flexibility index (Phi) is 6.59. The molecule has 11 rings (SSSR count). The first kappa shape index (κ1) is 31.6. The number of rotatable bonds is 4. The van der Waals surface area contributed by atoms with Gasteiger partial charge in [-0.15, -0.1) is 11.3 Å². The molecular formula is C52H39NS. The fourth-order valence-corrected chi connectivity index (χ4v) is 10.8. The number of fused-ring (bicyclic) bond motifs is 10. The third-order valence-corrected chi connectivity index (χ3v) is 13.6. The van der Waals surface area contributed by atoms with Crippen LogP contribution in [0, 0.1) is 0 Å². The first-order chi connectivity index (χ1) is 26.3. The summed E-state index contributed by atoms with van der Waals surface area (Å²) < 4.78 is 2.67. The molecule has 1 heterocycles. The van der Waals surface area contributed by atoms with Crippen molar-refractivity contribution in [3.05, 3.63) is 186 Å². The number of hydrogen-bond donors (Lipinski definition) is 0. The lowest BCUT2D eigenvalue weighted by Gasteiger charge is -2.31. The van der Waals surface area contributed by atoms with Crippen molar-refractivity contribution in [3.8, 4) is 33.4 Å². The van der Waals surface area contributed by atoms with Crippen molar-refractivity contribution >= 4 is 59.3 Å². The summed E-state index contributed by atoms with van der Waals surface area (Å²) in [4.78, 5) is 2.54. The largest absolute Gasteiger partial charge is 0.309 e. The van der Waals surface area contributed by atoms with Gasteiger partial charge in [-0.3, -0.25) is 0 Å². The summed E-state index contributed by atoms with van der Waals surface area (Å²) >= 11 is 1.88. The number of hydrogen-bond acceptors (Lipinski definition) is 2. The van der Waals surface area contributed by atoms with E-state index >= 15 is 0 Å². The predicted octanol–water partition coefficient (Wildman–Crippen LogP) is 15.0. The molecule has 258 valence electrons. The van der Waals surface area contributed by atoms with Gasteiger partial charge < -0.3 is 4.90 Å².